The van der Waals surface area contributed by atoms with Crippen LogP contribution in [0.5, 0.6) is 5.75 Å². The molecule has 0 aliphatic carbocycles. The lowest BCUT2D eigenvalue weighted by Gasteiger charge is -2.34. The number of rotatable bonds is 8. The van der Waals surface area contributed by atoms with Gasteiger partial charge in [0.05, 0.1) is 25.7 Å². The molecule has 1 aromatic carbocycles. The summed E-state index contributed by atoms with van der Waals surface area (Å²) in [6.07, 6.45) is 4.70. The molecule has 1 atom stereocenters. The Morgan fingerprint density at radius 1 is 1.27 bits per heavy atom. The van der Waals surface area contributed by atoms with E-state index < -0.39 is 0 Å². The molecule has 0 saturated carbocycles. The van der Waals surface area contributed by atoms with Crippen molar-refractivity contribution in [2.75, 3.05) is 38.2 Å². The molecule has 1 saturated heterocycles. The van der Waals surface area contributed by atoms with Crippen LogP contribution in [0.25, 0.3) is 0 Å². The summed E-state index contributed by atoms with van der Waals surface area (Å²) in [4.78, 5) is 14.8. The second kappa shape index (κ2) is 9.69. The summed E-state index contributed by atoms with van der Waals surface area (Å²) >= 11 is 1.98. The third-order valence-corrected chi connectivity index (χ3v) is 5.65. The number of thioether (sulfide) groups is 1. The molecule has 6 heteroatoms. The maximum atomic E-state index is 12.3. The van der Waals surface area contributed by atoms with Crippen LogP contribution in [0.4, 0.5) is 0 Å². The number of carbonyl (C=O) groups is 1. The van der Waals surface area contributed by atoms with Crippen molar-refractivity contribution in [3.8, 4) is 5.75 Å². The van der Waals surface area contributed by atoms with Crippen molar-refractivity contribution in [2.24, 2.45) is 0 Å². The van der Waals surface area contributed by atoms with Crippen LogP contribution >= 0.6 is 11.8 Å². The third kappa shape index (κ3) is 5.29. The summed E-state index contributed by atoms with van der Waals surface area (Å²) in [5.41, 5.74) is 2.27. The Bertz CT molecular complexity index is 667. The molecule has 3 rings (SSSR count). The van der Waals surface area contributed by atoms with Crippen molar-refractivity contribution in [3.05, 3.63) is 54.0 Å². The van der Waals surface area contributed by atoms with E-state index >= 15 is 0 Å². The lowest BCUT2D eigenvalue weighted by molar-refractivity contribution is -0.121. The molecule has 0 unspecified atom stereocenters. The average molecular weight is 375 g/mol. The van der Waals surface area contributed by atoms with E-state index in [4.69, 9.17) is 9.15 Å². The van der Waals surface area contributed by atoms with Gasteiger partial charge in [-0.25, -0.2) is 0 Å². The van der Waals surface area contributed by atoms with Gasteiger partial charge in [-0.2, -0.15) is 11.8 Å². The number of carbonyl (C=O) groups excluding carboxylic acids is 1. The topological polar surface area (TPSA) is 54.7 Å². The van der Waals surface area contributed by atoms with Crippen LogP contribution in [0.2, 0.25) is 0 Å². The Hall–Kier alpha value is -1.92. The minimum absolute atomic E-state index is 0.0840. The van der Waals surface area contributed by atoms with Crippen molar-refractivity contribution >= 4 is 17.7 Å². The maximum Gasteiger partial charge on any atom is 0.220 e. The van der Waals surface area contributed by atoms with E-state index in [1.807, 2.05) is 42.1 Å². The van der Waals surface area contributed by atoms with Gasteiger partial charge < -0.3 is 14.5 Å². The molecule has 26 heavy (non-hydrogen) atoms. The van der Waals surface area contributed by atoms with Crippen LogP contribution < -0.4 is 10.1 Å². The average Bonchev–Trinajstić information content (AvgIpc) is 3.22. The second-order valence-electron chi connectivity index (χ2n) is 6.37. The van der Waals surface area contributed by atoms with Crippen molar-refractivity contribution in [3.63, 3.8) is 0 Å². The third-order valence-electron chi connectivity index (χ3n) is 4.71. The fourth-order valence-electron chi connectivity index (χ4n) is 3.16. The van der Waals surface area contributed by atoms with Crippen LogP contribution in [0.15, 0.2) is 47.3 Å². The Balaban J connectivity index is 1.50. The number of hydrogen-bond donors (Lipinski definition) is 1. The Kier molecular flexibility index (Phi) is 7.03. The predicted octanol–water partition coefficient (Wildman–Crippen LogP) is 3.13. The summed E-state index contributed by atoms with van der Waals surface area (Å²) < 4.78 is 10.4. The quantitative estimate of drug-likeness (QED) is 0.769. The normalized spacial score (nSPS) is 16.2. The van der Waals surface area contributed by atoms with Gasteiger partial charge in [0.1, 0.15) is 5.75 Å². The van der Waals surface area contributed by atoms with Gasteiger partial charge in [-0.05, 0) is 30.2 Å². The van der Waals surface area contributed by atoms with Crippen molar-refractivity contribution in [1.82, 2.24) is 10.2 Å². The molecule has 0 spiro atoms. The van der Waals surface area contributed by atoms with Crippen LogP contribution in [-0.2, 0) is 11.2 Å². The smallest absolute Gasteiger partial charge is 0.220 e. The van der Waals surface area contributed by atoms with Gasteiger partial charge in [0.15, 0.2) is 0 Å². The van der Waals surface area contributed by atoms with Gasteiger partial charge in [-0.15, -0.1) is 0 Å². The second-order valence-corrected chi connectivity index (χ2v) is 7.60. The van der Waals surface area contributed by atoms with Crippen LogP contribution in [-0.4, -0.2) is 49.1 Å². The Morgan fingerprint density at radius 2 is 2.04 bits per heavy atom. The zero-order valence-electron chi connectivity index (χ0n) is 15.1. The van der Waals surface area contributed by atoms with Gasteiger partial charge in [0, 0.05) is 43.1 Å². The van der Waals surface area contributed by atoms with Gasteiger partial charge in [0.2, 0.25) is 5.91 Å². The van der Waals surface area contributed by atoms with E-state index in [-0.39, 0.29) is 11.9 Å². The predicted molar refractivity (Wildman–Crippen MR) is 105 cm³/mol. The molecule has 0 bridgehead atoms. The van der Waals surface area contributed by atoms with Gasteiger partial charge in [-0.3, -0.25) is 9.69 Å². The number of amides is 1. The van der Waals surface area contributed by atoms with Crippen molar-refractivity contribution < 1.29 is 13.9 Å². The first-order chi connectivity index (χ1) is 12.8. The number of ether oxygens (including phenoxy) is 1. The summed E-state index contributed by atoms with van der Waals surface area (Å²) in [6.45, 7) is 2.70. The molecule has 1 aliphatic heterocycles. The van der Waals surface area contributed by atoms with Crippen molar-refractivity contribution in [2.45, 2.75) is 18.9 Å². The first-order valence-corrected chi connectivity index (χ1v) is 10.2. The van der Waals surface area contributed by atoms with Crippen LogP contribution in [0.1, 0.15) is 23.6 Å². The van der Waals surface area contributed by atoms with E-state index in [1.165, 1.54) is 0 Å². The minimum atomic E-state index is 0.0840. The lowest BCUT2D eigenvalue weighted by atomic mass is 10.1. The molecule has 0 radical (unpaired) electrons. The lowest BCUT2D eigenvalue weighted by Crippen LogP contribution is -2.42. The van der Waals surface area contributed by atoms with Gasteiger partial charge in [-0.1, -0.05) is 12.1 Å². The number of nitrogens with zero attached hydrogens (tertiary/aromatic N) is 1. The van der Waals surface area contributed by atoms with Crippen LogP contribution in [0, 0.1) is 0 Å². The molecule has 2 aromatic rings. The van der Waals surface area contributed by atoms with Gasteiger partial charge >= 0.3 is 0 Å². The molecular formula is C20H26N2O3S. The van der Waals surface area contributed by atoms with E-state index in [0.717, 1.165) is 47.9 Å². The molecule has 1 aromatic heterocycles. The fourth-order valence-corrected chi connectivity index (χ4v) is 4.09. The highest BCUT2D eigenvalue weighted by molar-refractivity contribution is 7.99. The monoisotopic (exact) mass is 374 g/mol. The molecule has 1 amide bonds. The molecule has 1 fully saturated rings. The van der Waals surface area contributed by atoms with E-state index in [0.29, 0.717) is 13.0 Å². The number of benzene rings is 1. The van der Waals surface area contributed by atoms with Crippen LogP contribution in [0.3, 0.4) is 0 Å². The molecule has 2 heterocycles. The van der Waals surface area contributed by atoms with E-state index in [9.17, 15) is 4.79 Å². The number of nitrogens with one attached hydrogen (secondary N) is 1. The number of furan rings is 1. The summed E-state index contributed by atoms with van der Waals surface area (Å²) in [6, 6.07) is 10.0. The zero-order chi connectivity index (χ0) is 18.2. The highest BCUT2D eigenvalue weighted by atomic mass is 32.2. The highest BCUT2D eigenvalue weighted by Crippen LogP contribution is 2.24. The SMILES string of the molecule is COc1ccc(CCC(=O)NC[C@@H](c2ccoc2)N2CCSCC2)cc1. The fraction of sp³-hybridized carbons (Fsp3) is 0.450. The first kappa shape index (κ1) is 18.9. The molecular weight excluding hydrogens is 348 g/mol. The summed E-state index contributed by atoms with van der Waals surface area (Å²) in [7, 11) is 1.65. The molecule has 5 nitrogen and oxygen atoms in total. The number of hydrogen-bond acceptors (Lipinski definition) is 5. The standard InChI is InChI=1S/C20H26N2O3S/c1-24-18-5-2-16(3-6-18)4-7-20(23)21-14-19(17-8-11-25-15-17)22-9-12-26-13-10-22/h2-3,5-6,8,11,15,19H,4,7,9-10,12-14H2,1H3,(H,21,23)/t19-/m0/s1. The largest absolute Gasteiger partial charge is 0.497 e. The number of methoxy groups -OCH3 is 1. The highest BCUT2D eigenvalue weighted by Gasteiger charge is 2.23. The Morgan fingerprint density at radius 3 is 2.69 bits per heavy atom. The molecule has 1 N–H and O–H groups in total. The number of aryl methyl sites for hydroxylation is 1. The molecule has 1 aliphatic rings. The summed E-state index contributed by atoms with van der Waals surface area (Å²) in [5.74, 6) is 3.20. The van der Waals surface area contributed by atoms with E-state index in [1.54, 1.807) is 19.6 Å². The maximum absolute atomic E-state index is 12.3. The first-order valence-electron chi connectivity index (χ1n) is 9.00. The van der Waals surface area contributed by atoms with Crippen molar-refractivity contribution in [1.29, 1.82) is 0 Å². The Labute approximate surface area is 159 Å². The summed E-state index contributed by atoms with van der Waals surface area (Å²) in [5, 5.41) is 3.11. The van der Waals surface area contributed by atoms with Gasteiger partial charge in [0.25, 0.3) is 0 Å². The molecule has 140 valence electrons. The zero-order valence-corrected chi connectivity index (χ0v) is 16.0. The van der Waals surface area contributed by atoms with E-state index in [2.05, 4.69) is 10.2 Å². The minimum Gasteiger partial charge on any atom is -0.497 e.